The first kappa shape index (κ1) is 37.2. The largest absolute Gasteiger partial charge is 0.445 e. The summed E-state index contributed by atoms with van der Waals surface area (Å²) in [6.45, 7) is 8.51. The van der Waals surface area contributed by atoms with E-state index in [1.54, 1.807) is 0 Å². The Bertz CT molecular complexity index is 967. The monoisotopic (exact) mass is 620 g/mol. The molecule has 12 heteroatoms. The molecule has 1 aromatic rings. The summed E-state index contributed by atoms with van der Waals surface area (Å²) in [6, 6.07) is 8.15. The Labute approximate surface area is 261 Å². The van der Waals surface area contributed by atoms with Crippen LogP contribution in [0, 0.1) is 17.8 Å². The van der Waals surface area contributed by atoms with Gasteiger partial charge in [0, 0.05) is 19.5 Å². The van der Waals surface area contributed by atoms with Crippen molar-refractivity contribution in [2.45, 2.75) is 70.9 Å². The van der Waals surface area contributed by atoms with Crippen LogP contribution in [0.4, 0.5) is 4.79 Å². The zero-order valence-electron chi connectivity index (χ0n) is 26.0. The Morgan fingerprint density at radius 1 is 1.02 bits per heavy atom. The molecule has 0 bridgehead atoms. The van der Waals surface area contributed by atoms with Crippen molar-refractivity contribution in [2.24, 2.45) is 23.5 Å². The van der Waals surface area contributed by atoms with E-state index in [4.69, 9.17) is 24.7 Å². The van der Waals surface area contributed by atoms with Crippen molar-refractivity contribution in [3.8, 4) is 0 Å². The molecule has 3 amide bonds. The van der Waals surface area contributed by atoms with Gasteiger partial charge in [0.15, 0.2) is 0 Å². The number of unbranched alkanes of at least 4 members (excludes halogenated alkanes) is 1. The quantitative estimate of drug-likeness (QED) is 0.0593. The zero-order valence-corrected chi connectivity index (χ0v) is 26.0. The van der Waals surface area contributed by atoms with Gasteiger partial charge in [0.1, 0.15) is 12.6 Å². The molecule has 0 spiro atoms. The number of benzene rings is 1. The first-order valence-electron chi connectivity index (χ1n) is 15.7. The average molecular weight is 621 g/mol. The van der Waals surface area contributed by atoms with E-state index in [0.29, 0.717) is 50.7 Å². The van der Waals surface area contributed by atoms with Crippen molar-refractivity contribution in [1.82, 2.24) is 16.0 Å². The SMILES string of the molecule is C=CCC[C@@H]1[C@H](CCCC)[C@@H]1COC(O)NCCOCCOCCNC(=O)C(CCC(N)=O)NC(=O)OCc1ccccc1. The number of nitrogens with one attached hydrogen (secondary N) is 3. The predicted octanol–water partition coefficient (Wildman–Crippen LogP) is 2.60. The molecule has 2 rings (SSSR count). The fourth-order valence-corrected chi connectivity index (χ4v) is 5.05. The third-order valence-corrected chi connectivity index (χ3v) is 7.53. The molecule has 44 heavy (non-hydrogen) atoms. The molecule has 0 saturated heterocycles. The van der Waals surface area contributed by atoms with Crippen molar-refractivity contribution in [1.29, 1.82) is 0 Å². The molecule has 0 aromatic heterocycles. The maximum atomic E-state index is 12.6. The number of alkyl carbamates (subject to hydrolysis) is 1. The van der Waals surface area contributed by atoms with Gasteiger partial charge in [-0.3, -0.25) is 14.9 Å². The van der Waals surface area contributed by atoms with Crippen LogP contribution < -0.4 is 21.7 Å². The number of ether oxygens (including phenoxy) is 4. The van der Waals surface area contributed by atoms with Crippen LogP contribution in [0.5, 0.6) is 0 Å². The van der Waals surface area contributed by atoms with E-state index in [-0.39, 0.29) is 32.6 Å². The molecular formula is C32H52N4O8. The molecule has 1 aromatic carbocycles. The Hall–Kier alpha value is -3.03. The van der Waals surface area contributed by atoms with Gasteiger partial charge in [-0.15, -0.1) is 6.58 Å². The second kappa shape index (κ2) is 22.5. The Balaban J connectivity index is 1.51. The number of primary amides is 1. The third-order valence-electron chi connectivity index (χ3n) is 7.53. The number of carbonyl (C=O) groups is 3. The highest BCUT2D eigenvalue weighted by Crippen LogP contribution is 2.52. The van der Waals surface area contributed by atoms with Crippen molar-refractivity contribution in [3.63, 3.8) is 0 Å². The van der Waals surface area contributed by atoms with Crippen molar-refractivity contribution >= 4 is 17.9 Å². The number of carbonyl (C=O) groups excluding carboxylic acids is 3. The van der Waals surface area contributed by atoms with Gasteiger partial charge < -0.3 is 40.4 Å². The minimum Gasteiger partial charge on any atom is -0.445 e. The molecule has 248 valence electrons. The van der Waals surface area contributed by atoms with E-state index >= 15 is 0 Å². The molecule has 0 heterocycles. The van der Waals surface area contributed by atoms with Gasteiger partial charge >= 0.3 is 6.09 Å². The fraction of sp³-hybridized carbons (Fsp3) is 0.656. The molecular weight excluding hydrogens is 568 g/mol. The number of amides is 3. The van der Waals surface area contributed by atoms with Crippen LogP contribution in [-0.2, 0) is 35.1 Å². The van der Waals surface area contributed by atoms with Gasteiger partial charge in [-0.2, -0.15) is 0 Å². The fourth-order valence-electron chi connectivity index (χ4n) is 5.05. The van der Waals surface area contributed by atoms with Crippen LogP contribution in [0.15, 0.2) is 43.0 Å². The van der Waals surface area contributed by atoms with Crippen LogP contribution >= 0.6 is 0 Å². The van der Waals surface area contributed by atoms with Crippen LogP contribution in [0.1, 0.15) is 57.4 Å². The van der Waals surface area contributed by atoms with Crippen LogP contribution in [0.3, 0.4) is 0 Å². The smallest absolute Gasteiger partial charge is 0.408 e. The Kier molecular flexibility index (Phi) is 19.0. The minimum absolute atomic E-state index is 0.0420. The normalized spacial score (nSPS) is 18.6. The average Bonchev–Trinajstić information content (AvgIpc) is 3.70. The van der Waals surface area contributed by atoms with Gasteiger partial charge in [0.25, 0.3) is 0 Å². The van der Waals surface area contributed by atoms with Crippen LogP contribution in [0.2, 0.25) is 0 Å². The number of hydrogen-bond donors (Lipinski definition) is 5. The summed E-state index contributed by atoms with van der Waals surface area (Å²) < 4.78 is 21.8. The van der Waals surface area contributed by atoms with Crippen molar-refractivity contribution < 1.29 is 38.4 Å². The highest BCUT2D eigenvalue weighted by atomic mass is 16.6. The molecule has 2 unspecified atom stereocenters. The number of rotatable bonds is 26. The number of aliphatic hydroxyl groups is 1. The first-order chi connectivity index (χ1) is 21.3. The zero-order chi connectivity index (χ0) is 32.0. The molecule has 1 aliphatic carbocycles. The summed E-state index contributed by atoms with van der Waals surface area (Å²) in [5.41, 5.74) is 6.01. The Morgan fingerprint density at radius 3 is 2.41 bits per heavy atom. The molecule has 1 fully saturated rings. The molecule has 1 aliphatic rings. The van der Waals surface area contributed by atoms with Gasteiger partial charge in [-0.25, -0.2) is 4.79 Å². The summed E-state index contributed by atoms with van der Waals surface area (Å²) in [5, 5.41) is 18.2. The minimum atomic E-state index is -1.03. The lowest BCUT2D eigenvalue weighted by atomic mass is 10.1. The van der Waals surface area contributed by atoms with E-state index in [0.717, 1.165) is 18.4 Å². The molecule has 0 radical (unpaired) electrons. The van der Waals surface area contributed by atoms with E-state index < -0.39 is 30.4 Å². The topological polar surface area (TPSA) is 170 Å². The van der Waals surface area contributed by atoms with Crippen LogP contribution in [0.25, 0.3) is 0 Å². The maximum absolute atomic E-state index is 12.6. The van der Waals surface area contributed by atoms with E-state index in [2.05, 4.69) is 29.5 Å². The van der Waals surface area contributed by atoms with E-state index in [1.165, 1.54) is 19.3 Å². The molecule has 0 aliphatic heterocycles. The number of hydrogen-bond acceptors (Lipinski definition) is 9. The molecule has 12 nitrogen and oxygen atoms in total. The number of nitrogens with two attached hydrogens (primary N) is 1. The first-order valence-corrected chi connectivity index (χ1v) is 15.7. The lowest BCUT2D eigenvalue weighted by molar-refractivity contribution is -0.127. The lowest BCUT2D eigenvalue weighted by Crippen LogP contribution is -2.48. The van der Waals surface area contributed by atoms with E-state index in [9.17, 15) is 19.5 Å². The second-order valence-corrected chi connectivity index (χ2v) is 10.9. The van der Waals surface area contributed by atoms with Gasteiger partial charge in [-0.1, -0.05) is 56.2 Å². The highest BCUT2D eigenvalue weighted by Gasteiger charge is 2.48. The second-order valence-electron chi connectivity index (χ2n) is 10.9. The van der Waals surface area contributed by atoms with Crippen molar-refractivity contribution in [3.05, 3.63) is 48.6 Å². The van der Waals surface area contributed by atoms with E-state index in [1.807, 2.05) is 36.4 Å². The summed E-state index contributed by atoms with van der Waals surface area (Å²) in [7, 11) is 0. The standard InChI is InChI=1S/C32H52N4O8/c1-3-5-12-25-26(13-6-4-2)27(25)23-44-31(39)35-17-19-42-21-20-41-18-16-34-30(38)28(14-15-29(33)37)36-32(40)43-22-24-10-8-7-9-11-24/h3,7-11,25-28,31,35,39H,1,4-6,12-23H2,2H3,(H2,33,37)(H,34,38)(H,36,40)/t25-,26+,27-,28?,31?/m1/s1. The molecule has 6 N–H and O–H groups in total. The number of aliphatic hydroxyl groups excluding tert-OH is 1. The van der Waals surface area contributed by atoms with Gasteiger partial charge in [0.2, 0.25) is 18.2 Å². The maximum Gasteiger partial charge on any atom is 0.408 e. The summed E-state index contributed by atoms with van der Waals surface area (Å²) >= 11 is 0. The molecule has 1 saturated carbocycles. The van der Waals surface area contributed by atoms with Crippen molar-refractivity contribution in [2.75, 3.05) is 46.1 Å². The van der Waals surface area contributed by atoms with Gasteiger partial charge in [0.05, 0.1) is 33.0 Å². The predicted molar refractivity (Wildman–Crippen MR) is 166 cm³/mol. The summed E-state index contributed by atoms with van der Waals surface area (Å²) in [5.74, 6) is 0.810. The summed E-state index contributed by atoms with van der Waals surface area (Å²) in [6.07, 6.45) is 5.93. The van der Waals surface area contributed by atoms with Gasteiger partial charge in [-0.05, 0) is 49.0 Å². The highest BCUT2D eigenvalue weighted by molar-refractivity contribution is 5.86. The Morgan fingerprint density at radius 2 is 1.73 bits per heavy atom. The third kappa shape index (κ3) is 16.2. The molecule has 5 atom stereocenters. The summed E-state index contributed by atoms with van der Waals surface area (Å²) in [4.78, 5) is 36.0. The van der Waals surface area contributed by atoms with Crippen LogP contribution in [-0.4, -0.2) is 81.6 Å². The number of allylic oxidation sites excluding steroid dienone is 1. The lowest BCUT2D eigenvalue weighted by Gasteiger charge is -2.18.